The van der Waals surface area contributed by atoms with Crippen molar-refractivity contribution in [1.82, 2.24) is 9.78 Å². The number of aromatic nitrogens is 2. The zero-order valence-corrected chi connectivity index (χ0v) is 12.0. The van der Waals surface area contributed by atoms with E-state index in [0.717, 1.165) is 5.56 Å². The number of hydrogen-bond acceptors (Lipinski definition) is 4. The van der Waals surface area contributed by atoms with Crippen LogP contribution in [0.4, 0.5) is 11.5 Å². The second-order valence-corrected chi connectivity index (χ2v) is 5.14. The summed E-state index contributed by atoms with van der Waals surface area (Å²) < 4.78 is 1.50. The van der Waals surface area contributed by atoms with Gasteiger partial charge in [-0.05, 0) is 38.0 Å². The number of nitrogen functional groups attached to an aromatic ring is 1. The molecule has 6 nitrogen and oxygen atoms in total. The average molecular weight is 295 g/mol. The zero-order chi connectivity index (χ0) is 14.9. The van der Waals surface area contributed by atoms with Gasteiger partial charge in [-0.2, -0.15) is 5.10 Å². The Morgan fingerprint density at radius 2 is 2.05 bits per heavy atom. The van der Waals surface area contributed by atoms with Crippen molar-refractivity contribution < 1.29 is 4.92 Å². The number of nitrogens with two attached hydrogens (primary N) is 1. The predicted octanol–water partition coefficient (Wildman–Crippen LogP) is 3.14. The summed E-state index contributed by atoms with van der Waals surface area (Å²) in [5.74, 6) is 0.0916. The second kappa shape index (κ2) is 5.50. The van der Waals surface area contributed by atoms with E-state index in [1.165, 1.54) is 4.68 Å². The van der Waals surface area contributed by atoms with Gasteiger partial charge in [0.25, 0.3) is 0 Å². The maximum atomic E-state index is 10.9. The minimum Gasteiger partial charge on any atom is -0.378 e. The van der Waals surface area contributed by atoms with Gasteiger partial charge in [0.15, 0.2) is 0 Å². The van der Waals surface area contributed by atoms with E-state index < -0.39 is 4.92 Å². The van der Waals surface area contributed by atoms with Crippen LogP contribution in [0.3, 0.4) is 0 Å². The summed E-state index contributed by atoms with van der Waals surface area (Å²) in [5, 5.41) is 15.8. The topological polar surface area (TPSA) is 87.0 Å². The Labute approximate surface area is 121 Å². The first kappa shape index (κ1) is 14.3. The van der Waals surface area contributed by atoms with E-state index >= 15 is 0 Å². The summed E-state index contributed by atoms with van der Waals surface area (Å²) in [5.41, 5.74) is 7.10. The number of nitrogens with zero attached hydrogens (tertiary/aromatic N) is 3. The summed E-state index contributed by atoms with van der Waals surface area (Å²) in [6, 6.07) is 7.37. The lowest BCUT2D eigenvalue weighted by Crippen LogP contribution is -2.13. The smallest absolute Gasteiger partial charge is 0.333 e. The van der Waals surface area contributed by atoms with E-state index in [2.05, 4.69) is 5.10 Å². The molecular formula is C13H15ClN4O2. The van der Waals surface area contributed by atoms with Gasteiger partial charge in [0.05, 0.1) is 11.0 Å². The van der Waals surface area contributed by atoms with E-state index in [4.69, 9.17) is 17.3 Å². The molecule has 0 radical (unpaired) electrons. The number of nitro groups is 1. The van der Waals surface area contributed by atoms with E-state index in [1.807, 2.05) is 31.2 Å². The molecule has 0 aliphatic rings. The normalized spacial score (nSPS) is 12.3. The van der Waals surface area contributed by atoms with E-state index in [1.54, 1.807) is 6.92 Å². The highest BCUT2D eigenvalue weighted by Gasteiger charge is 2.25. The molecule has 2 rings (SSSR count). The molecule has 0 saturated heterocycles. The molecule has 1 atom stereocenters. The maximum Gasteiger partial charge on any atom is 0.333 e. The van der Waals surface area contributed by atoms with Crippen LogP contribution in [0.15, 0.2) is 24.3 Å². The van der Waals surface area contributed by atoms with Gasteiger partial charge in [-0.25, -0.2) is 4.68 Å². The Kier molecular flexibility index (Phi) is 3.94. The van der Waals surface area contributed by atoms with Gasteiger partial charge in [-0.1, -0.05) is 23.7 Å². The third kappa shape index (κ3) is 2.75. The monoisotopic (exact) mass is 294 g/mol. The molecule has 20 heavy (non-hydrogen) atoms. The molecule has 1 aromatic heterocycles. The molecule has 2 N–H and O–H groups in total. The van der Waals surface area contributed by atoms with Crippen molar-refractivity contribution in [2.75, 3.05) is 5.73 Å². The van der Waals surface area contributed by atoms with Crippen molar-refractivity contribution in [2.24, 2.45) is 0 Å². The van der Waals surface area contributed by atoms with Gasteiger partial charge in [0.1, 0.15) is 5.69 Å². The van der Waals surface area contributed by atoms with Crippen molar-refractivity contribution in [2.45, 2.75) is 26.3 Å². The first-order valence-corrected chi connectivity index (χ1v) is 6.51. The number of rotatable bonds is 4. The van der Waals surface area contributed by atoms with Crippen molar-refractivity contribution in [3.63, 3.8) is 0 Å². The van der Waals surface area contributed by atoms with Gasteiger partial charge in [-0.3, -0.25) is 10.1 Å². The Morgan fingerprint density at radius 1 is 1.45 bits per heavy atom. The fourth-order valence-electron chi connectivity index (χ4n) is 2.17. The molecule has 0 aliphatic heterocycles. The molecule has 0 aliphatic carbocycles. The first-order valence-electron chi connectivity index (χ1n) is 6.13. The third-order valence-electron chi connectivity index (χ3n) is 3.13. The van der Waals surface area contributed by atoms with Crippen LogP contribution >= 0.6 is 11.6 Å². The molecule has 0 saturated carbocycles. The number of benzene rings is 1. The highest BCUT2D eigenvalue weighted by atomic mass is 35.5. The van der Waals surface area contributed by atoms with Crippen molar-refractivity contribution in [3.05, 3.63) is 50.7 Å². The summed E-state index contributed by atoms with van der Waals surface area (Å²) in [7, 11) is 0. The maximum absolute atomic E-state index is 10.9. The minimum atomic E-state index is -0.497. The highest BCUT2D eigenvalue weighted by molar-refractivity contribution is 6.30. The first-order chi connectivity index (χ1) is 9.40. The second-order valence-electron chi connectivity index (χ2n) is 4.70. The van der Waals surface area contributed by atoms with Crippen LogP contribution in [0.2, 0.25) is 5.02 Å². The lowest BCUT2D eigenvalue weighted by molar-refractivity contribution is -0.384. The van der Waals surface area contributed by atoms with Crippen LogP contribution in [0.5, 0.6) is 0 Å². The molecule has 0 amide bonds. The molecule has 7 heteroatoms. The Morgan fingerprint density at radius 3 is 2.55 bits per heavy atom. The Bertz CT molecular complexity index is 637. The Balaban J connectivity index is 2.25. The van der Waals surface area contributed by atoms with Crippen LogP contribution in [0, 0.1) is 17.0 Å². The fourth-order valence-corrected chi connectivity index (χ4v) is 2.29. The molecule has 1 unspecified atom stereocenters. The fraction of sp³-hybridized carbons (Fsp3) is 0.308. The zero-order valence-electron chi connectivity index (χ0n) is 11.2. The van der Waals surface area contributed by atoms with Gasteiger partial charge < -0.3 is 5.73 Å². The van der Waals surface area contributed by atoms with Crippen molar-refractivity contribution in [3.8, 4) is 0 Å². The molecule has 106 valence electrons. The largest absolute Gasteiger partial charge is 0.378 e. The van der Waals surface area contributed by atoms with E-state index in [-0.39, 0.29) is 17.5 Å². The molecule has 0 spiro atoms. The summed E-state index contributed by atoms with van der Waals surface area (Å²) in [4.78, 5) is 10.4. The lowest BCUT2D eigenvalue weighted by Gasteiger charge is -2.13. The quantitative estimate of drug-likeness (QED) is 0.693. The SMILES string of the molecule is Cc1nn(C(C)Cc2ccc(Cl)cc2)c(N)c1[N+](=O)[O-]. The number of hydrogen-bond donors (Lipinski definition) is 1. The van der Waals surface area contributed by atoms with Crippen LogP contribution in [0.25, 0.3) is 0 Å². The molecular weight excluding hydrogens is 280 g/mol. The summed E-state index contributed by atoms with van der Waals surface area (Å²) >= 11 is 5.84. The average Bonchev–Trinajstić information content (AvgIpc) is 2.67. The molecule has 1 heterocycles. The lowest BCUT2D eigenvalue weighted by atomic mass is 10.1. The number of aryl methyl sites for hydroxylation is 1. The van der Waals surface area contributed by atoms with Crippen molar-refractivity contribution >= 4 is 23.1 Å². The van der Waals surface area contributed by atoms with Crippen LogP contribution in [0.1, 0.15) is 24.2 Å². The minimum absolute atomic E-state index is 0.0800. The molecule has 1 aromatic carbocycles. The van der Waals surface area contributed by atoms with E-state index in [9.17, 15) is 10.1 Å². The Hall–Kier alpha value is -2.08. The van der Waals surface area contributed by atoms with Gasteiger partial charge in [0, 0.05) is 5.02 Å². The standard InChI is InChI=1S/C13H15ClN4O2/c1-8(7-10-3-5-11(14)6-4-10)17-13(15)12(18(19)20)9(2)16-17/h3-6,8H,7,15H2,1-2H3. The van der Waals surface area contributed by atoms with Crippen LogP contribution < -0.4 is 5.73 Å². The van der Waals surface area contributed by atoms with Gasteiger partial charge in [-0.15, -0.1) is 0 Å². The van der Waals surface area contributed by atoms with Gasteiger partial charge in [0.2, 0.25) is 5.82 Å². The van der Waals surface area contributed by atoms with Gasteiger partial charge >= 0.3 is 5.69 Å². The number of anilines is 1. The van der Waals surface area contributed by atoms with Crippen LogP contribution in [-0.2, 0) is 6.42 Å². The molecule has 0 bridgehead atoms. The number of halogens is 1. The predicted molar refractivity (Wildman–Crippen MR) is 77.9 cm³/mol. The highest BCUT2D eigenvalue weighted by Crippen LogP contribution is 2.29. The van der Waals surface area contributed by atoms with Crippen LogP contribution in [-0.4, -0.2) is 14.7 Å². The van der Waals surface area contributed by atoms with E-state index in [0.29, 0.717) is 17.1 Å². The summed E-state index contributed by atoms with van der Waals surface area (Å²) in [6.45, 7) is 3.50. The third-order valence-corrected chi connectivity index (χ3v) is 3.39. The summed E-state index contributed by atoms with van der Waals surface area (Å²) in [6.07, 6.45) is 0.666. The molecule has 0 fully saturated rings. The molecule has 2 aromatic rings. The van der Waals surface area contributed by atoms with Crippen molar-refractivity contribution in [1.29, 1.82) is 0 Å².